The zero-order valence-corrected chi connectivity index (χ0v) is 7.08. The molecule has 0 fully saturated rings. The molecule has 15 heavy (non-hydrogen) atoms. The number of carbonyl (C=O) groups excluding carboxylic acids is 1. The van der Waals surface area contributed by atoms with Crippen molar-refractivity contribution in [3.63, 3.8) is 0 Å². The molecule has 0 aliphatic carbocycles. The summed E-state index contributed by atoms with van der Waals surface area (Å²) in [4.78, 5) is 19.1. The normalized spacial score (nSPS) is 10.1. The molecule has 9 heteroatoms. The van der Waals surface area contributed by atoms with Gasteiger partial charge in [0.15, 0.2) is 0 Å². The lowest BCUT2D eigenvalue weighted by Gasteiger charge is -1.93. The molecule has 1 heterocycles. The summed E-state index contributed by atoms with van der Waals surface area (Å²) in [6, 6.07) is 0. The lowest BCUT2D eigenvalue weighted by atomic mass is 10.4. The molecule has 0 spiro atoms. The number of primary amides is 1. The molecule has 1 aromatic rings. The Labute approximate surface area is 80.9 Å². The highest BCUT2D eigenvalue weighted by Crippen LogP contribution is 2.13. The zero-order valence-electron chi connectivity index (χ0n) is 7.08. The van der Waals surface area contributed by atoms with E-state index < -0.39 is 18.1 Å². The molecule has 0 aliphatic rings. The van der Waals surface area contributed by atoms with Crippen LogP contribution in [0.2, 0.25) is 0 Å². The summed E-state index contributed by atoms with van der Waals surface area (Å²) in [5.74, 6) is -3.22. The maximum absolute atomic E-state index is 10.6. The number of rotatable bonds is 1. The van der Waals surface area contributed by atoms with Crippen LogP contribution in [-0.2, 0) is 4.79 Å². The molecule has 1 amide bonds. The molecule has 0 saturated heterocycles. The Hall–Kier alpha value is -2.06. The van der Waals surface area contributed by atoms with Crippen LogP contribution in [0, 0.1) is 0 Å². The van der Waals surface area contributed by atoms with Crippen molar-refractivity contribution in [2.45, 2.75) is 6.18 Å². The minimum atomic E-state index is -5.08. The number of H-pyrrole nitrogens is 1. The second-order valence-electron chi connectivity index (χ2n) is 2.15. The van der Waals surface area contributed by atoms with Crippen LogP contribution in [0.5, 0.6) is 0 Å². The maximum atomic E-state index is 10.6. The lowest BCUT2D eigenvalue weighted by molar-refractivity contribution is -0.192. The van der Waals surface area contributed by atoms with Gasteiger partial charge < -0.3 is 10.8 Å². The van der Waals surface area contributed by atoms with E-state index in [0.29, 0.717) is 5.56 Å². The number of aromatic amines is 1. The minimum absolute atomic E-state index is 0.407. The molecule has 0 aromatic carbocycles. The van der Waals surface area contributed by atoms with Gasteiger partial charge in [0.05, 0.1) is 11.8 Å². The first kappa shape index (κ1) is 12.9. The van der Waals surface area contributed by atoms with E-state index in [9.17, 15) is 18.0 Å². The van der Waals surface area contributed by atoms with Crippen LogP contribution >= 0.6 is 0 Å². The number of carboxylic acid groups (broad SMARTS) is 1. The molecule has 0 radical (unpaired) electrons. The Morgan fingerprint density at radius 2 is 1.93 bits per heavy atom. The number of aromatic nitrogens is 2. The number of aliphatic carboxylic acids is 1. The number of halogens is 3. The smallest absolute Gasteiger partial charge is 0.475 e. The van der Waals surface area contributed by atoms with E-state index in [0.717, 1.165) is 0 Å². The van der Waals surface area contributed by atoms with Crippen LogP contribution < -0.4 is 5.73 Å². The van der Waals surface area contributed by atoms with Gasteiger partial charge in [-0.05, 0) is 0 Å². The van der Waals surface area contributed by atoms with Crippen LogP contribution in [0.1, 0.15) is 10.4 Å². The molecule has 84 valence electrons. The third-order valence-electron chi connectivity index (χ3n) is 1.03. The van der Waals surface area contributed by atoms with Crippen LogP contribution in [0.25, 0.3) is 0 Å². The minimum Gasteiger partial charge on any atom is -0.475 e. The quantitative estimate of drug-likeness (QED) is 0.631. The fraction of sp³-hybridized carbons (Fsp3) is 0.167. The van der Waals surface area contributed by atoms with Crippen molar-refractivity contribution >= 4 is 11.9 Å². The number of amides is 1. The van der Waals surface area contributed by atoms with Crippen molar-refractivity contribution in [3.05, 3.63) is 18.0 Å². The zero-order chi connectivity index (χ0) is 12.1. The number of nitrogens with zero attached hydrogens (tertiary/aromatic N) is 1. The van der Waals surface area contributed by atoms with Crippen LogP contribution in [-0.4, -0.2) is 33.4 Å². The van der Waals surface area contributed by atoms with Crippen molar-refractivity contribution in [2.75, 3.05) is 0 Å². The molecular weight excluding hydrogens is 219 g/mol. The van der Waals surface area contributed by atoms with Gasteiger partial charge in [-0.15, -0.1) is 0 Å². The Balaban J connectivity index is 0.000000265. The first-order valence-corrected chi connectivity index (χ1v) is 3.34. The summed E-state index contributed by atoms with van der Waals surface area (Å²) in [6.07, 6.45) is -2.26. The molecule has 0 aliphatic heterocycles. The van der Waals surface area contributed by atoms with Crippen LogP contribution in [0.15, 0.2) is 12.4 Å². The number of nitrogens with one attached hydrogen (secondary N) is 1. The second-order valence-corrected chi connectivity index (χ2v) is 2.15. The standard InChI is InChI=1S/C4H5N3O.C2HF3O2/c5-4(8)3-1-6-7-2-3;3-2(4,5)1(6)7/h1-2H,(H2,5,8)(H,6,7);(H,6,7). The summed E-state index contributed by atoms with van der Waals surface area (Å²) in [7, 11) is 0. The molecule has 0 saturated carbocycles. The molecule has 4 N–H and O–H groups in total. The number of carboxylic acids is 1. The average Bonchev–Trinajstić information content (AvgIpc) is 2.54. The number of hydrogen-bond acceptors (Lipinski definition) is 3. The van der Waals surface area contributed by atoms with E-state index in [-0.39, 0.29) is 0 Å². The molecule has 1 aromatic heterocycles. The summed E-state index contributed by atoms with van der Waals surface area (Å²) in [6.45, 7) is 0. The van der Waals surface area contributed by atoms with E-state index in [1.54, 1.807) is 0 Å². The van der Waals surface area contributed by atoms with Gasteiger partial charge in [-0.25, -0.2) is 4.79 Å². The summed E-state index contributed by atoms with van der Waals surface area (Å²) in [5.41, 5.74) is 5.27. The molecule has 1 rings (SSSR count). The molecular formula is C6H6F3N3O3. The highest BCUT2D eigenvalue weighted by Gasteiger charge is 2.38. The van der Waals surface area contributed by atoms with E-state index in [1.807, 2.05) is 0 Å². The van der Waals surface area contributed by atoms with Crippen molar-refractivity contribution in [3.8, 4) is 0 Å². The third kappa shape index (κ3) is 5.29. The molecule has 0 unspecified atom stereocenters. The Kier molecular flexibility index (Phi) is 4.30. The predicted molar refractivity (Wildman–Crippen MR) is 40.8 cm³/mol. The lowest BCUT2D eigenvalue weighted by Crippen LogP contribution is -2.21. The number of hydrogen-bond donors (Lipinski definition) is 3. The highest BCUT2D eigenvalue weighted by molar-refractivity contribution is 5.92. The van der Waals surface area contributed by atoms with Gasteiger partial charge in [0.1, 0.15) is 0 Å². The SMILES string of the molecule is NC(=O)c1cn[nH]c1.O=C(O)C(F)(F)F. The summed E-state index contributed by atoms with van der Waals surface area (Å²) in [5, 5.41) is 13.1. The maximum Gasteiger partial charge on any atom is 0.490 e. The second kappa shape index (κ2) is 4.98. The average molecular weight is 225 g/mol. The van der Waals surface area contributed by atoms with Crippen LogP contribution in [0.4, 0.5) is 13.2 Å². The van der Waals surface area contributed by atoms with Gasteiger partial charge in [0.25, 0.3) is 5.91 Å². The first-order chi connectivity index (χ1) is 6.75. The Bertz CT molecular complexity index is 333. The molecule has 0 atom stereocenters. The van der Waals surface area contributed by atoms with E-state index in [4.69, 9.17) is 15.6 Å². The van der Waals surface area contributed by atoms with Gasteiger partial charge in [0, 0.05) is 6.20 Å². The topological polar surface area (TPSA) is 109 Å². The van der Waals surface area contributed by atoms with Crippen LogP contribution in [0.3, 0.4) is 0 Å². The van der Waals surface area contributed by atoms with Crippen molar-refractivity contribution < 1.29 is 27.9 Å². The predicted octanol–water partition coefficient (Wildman–Crippen LogP) is 0.142. The monoisotopic (exact) mass is 225 g/mol. The molecule has 0 bridgehead atoms. The van der Waals surface area contributed by atoms with Gasteiger partial charge in [0.2, 0.25) is 0 Å². The van der Waals surface area contributed by atoms with Crippen molar-refractivity contribution in [1.82, 2.24) is 10.2 Å². The fourth-order valence-electron chi connectivity index (χ4n) is 0.386. The fourth-order valence-corrected chi connectivity index (χ4v) is 0.386. The molecule has 6 nitrogen and oxygen atoms in total. The summed E-state index contributed by atoms with van der Waals surface area (Å²) >= 11 is 0. The first-order valence-electron chi connectivity index (χ1n) is 3.34. The largest absolute Gasteiger partial charge is 0.490 e. The van der Waals surface area contributed by atoms with E-state index in [2.05, 4.69) is 10.2 Å². The van der Waals surface area contributed by atoms with Gasteiger partial charge in [-0.2, -0.15) is 18.3 Å². The van der Waals surface area contributed by atoms with Gasteiger partial charge in [-0.3, -0.25) is 9.89 Å². The van der Waals surface area contributed by atoms with E-state index >= 15 is 0 Å². The Morgan fingerprint density at radius 3 is 2.07 bits per heavy atom. The third-order valence-corrected chi connectivity index (χ3v) is 1.03. The van der Waals surface area contributed by atoms with Gasteiger partial charge in [-0.1, -0.05) is 0 Å². The Morgan fingerprint density at radius 1 is 1.47 bits per heavy atom. The van der Waals surface area contributed by atoms with Crippen molar-refractivity contribution in [2.24, 2.45) is 5.73 Å². The number of carbonyl (C=O) groups is 2. The van der Waals surface area contributed by atoms with Gasteiger partial charge >= 0.3 is 12.1 Å². The van der Waals surface area contributed by atoms with Crippen molar-refractivity contribution in [1.29, 1.82) is 0 Å². The summed E-state index contributed by atoms with van der Waals surface area (Å²) < 4.78 is 31.7. The van der Waals surface area contributed by atoms with E-state index in [1.165, 1.54) is 12.4 Å². The number of nitrogens with two attached hydrogens (primary N) is 1. The highest BCUT2D eigenvalue weighted by atomic mass is 19.4. The number of alkyl halides is 3.